The number of halogens is 1. The highest BCUT2D eigenvalue weighted by molar-refractivity contribution is 6.31. The lowest BCUT2D eigenvalue weighted by Crippen LogP contribution is -2.43. The van der Waals surface area contributed by atoms with E-state index >= 15 is 0 Å². The monoisotopic (exact) mass is 354 g/mol. The van der Waals surface area contributed by atoms with Gasteiger partial charge in [-0.1, -0.05) is 25.4 Å². The Morgan fingerprint density at radius 3 is 2.83 bits per heavy atom. The number of likely N-dealkylation sites (tertiary alicyclic amines) is 1. The van der Waals surface area contributed by atoms with E-state index in [0.29, 0.717) is 36.0 Å². The van der Waals surface area contributed by atoms with Crippen LogP contribution in [0.1, 0.15) is 26.7 Å². The summed E-state index contributed by atoms with van der Waals surface area (Å²) in [5.74, 6) is 0.494. The largest absolute Gasteiger partial charge is 0.495 e. The molecule has 1 heterocycles. The molecule has 1 atom stereocenters. The second kappa shape index (κ2) is 8.24. The number of hydrogen-bond acceptors (Lipinski definition) is 4. The van der Waals surface area contributed by atoms with Gasteiger partial charge in [0, 0.05) is 11.6 Å². The Balaban J connectivity index is 2.05. The smallest absolute Gasteiger partial charge is 0.410 e. The summed E-state index contributed by atoms with van der Waals surface area (Å²) in [5, 5.41) is 3.29. The number of carbonyl (C=O) groups excluding carboxylic acids is 2. The third-order valence-corrected chi connectivity index (χ3v) is 3.98. The summed E-state index contributed by atoms with van der Waals surface area (Å²) in [6.07, 6.45) is 0.923. The van der Waals surface area contributed by atoms with Gasteiger partial charge in [-0.05, 0) is 37.0 Å². The van der Waals surface area contributed by atoms with Gasteiger partial charge < -0.3 is 14.8 Å². The predicted octanol–water partition coefficient (Wildman–Crippen LogP) is 3.54. The maximum Gasteiger partial charge on any atom is 0.410 e. The summed E-state index contributed by atoms with van der Waals surface area (Å²) >= 11 is 5.98. The van der Waals surface area contributed by atoms with Crippen molar-refractivity contribution in [2.45, 2.75) is 32.7 Å². The van der Waals surface area contributed by atoms with Crippen LogP contribution in [-0.4, -0.2) is 43.2 Å². The number of nitrogens with one attached hydrogen (secondary N) is 1. The fraction of sp³-hybridized carbons (Fsp3) is 0.529. The number of amides is 2. The molecular weight excluding hydrogens is 332 g/mol. The average molecular weight is 355 g/mol. The summed E-state index contributed by atoms with van der Waals surface area (Å²) in [5.41, 5.74) is 0.484. The number of methoxy groups -OCH3 is 1. The molecule has 2 amide bonds. The molecule has 1 aliphatic rings. The fourth-order valence-electron chi connectivity index (χ4n) is 2.57. The number of rotatable bonds is 5. The van der Waals surface area contributed by atoms with Gasteiger partial charge in [-0.3, -0.25) is 9.69 Å². The van der Waals surface area contributed by atoms with E-state index in [1.54, 1.807) is 18.2 Å². The third kappa shape index (κ3) is 4.54. The Labute approximate surface area is 147 Å². The summed E-state index contributed by atoms with van der Waals surface area (Å²) < 4.78 is 10.5. The Kier molecular flexibility index (Phi) is 6.31. The molecule has 1 aromatic carbocycles. The van der Waals surface area contributed by atoms with Crippen molar-refractivity contribution in [2.75, 3.05) is 25.6 Å². The molecule has 6 nitrogen and oxygen atoms in total. The minimum atomic E-state index is -0.548. The first-order chi connectivity index (χ1) is 11.4. The van der Waals surface area contributed by atoms with Crippen LogP contribution in [0, 0.1) is 5.92 Å². The molecule has 1 unspecified atom stereocenters. The van der Waals surface area contributed by atoms with Crippen molar-refractivity contribution >= 4 is 29.3 Å². The first-order valence-electron chi connectivity index (χ1n) is 8.00. The standard InChI is InChI=1S/C17H23ClN2O4/c1-11(2)10-24-17(22)20-8-4-5-14(20)16(21)19-13-9-12(18)6-7-15(13)23-3/h6-7,9,11,14H,4-5,8,10H2,1-3H3,(H,19,21). The van der Waals surface area contributed by atoms with Crippen molar-refractivity contribution in [3.63, 3.8) is 0 Å². The van der Waals surface area contributed by atoms with Gasteiger partial charge in [-0.2, -0.15) is 0 Å². The molecule has 1 fully saturated rings. The van der Waals surface area contributed by atoms with Crippen LogP contribution in [0.5, 0.6) is 5.75 Å². The first kappa shape index (κ1) is 18.4. The SMILES string of the molecule is COc1ccc(Cl)cc1NC(=O)C1CCCN1C(=O)OCC(C)C. The lowest BCUT2D eigenvalue weighted by Gasteiger charge is -2.24. The first-order valence-corrected chi connectivity index (χ1v) is 8.38. The molecule has 0 spiro atoms. The quantitative estimate of drug-likeness (QED) is 0.878. The highest BCUT2D eigenvalue weighted by Gasteiger charge is 2.35. The van der Waals surface area contributed by atoms with Gasteiger partial charge in [0.25, 0.3) is 0 Å². The number of hydrogen-bond donors (Lipinski definition) is 1. The van der Waals surface area contributed by atoms with Crippen molar-refractivity contribution in [3.05, 3.63) is 23.2 Å². The van der Waals surface area contributed by atoms with Crippen LogP contribution in [0.2, 0.25) is 5.02 Å². The lowest BCUT2D eigenvalue weighted by molar-refractivity contribution is -0.120. The summed E-state index contributed by atoms with van der Waals surface area (Å²) in [4.78, 5) is 26.2. The van der Waals surface area contributed by atoms with Crippen molar-refractivity contribution in [2.24, 2.45) is 5.92 Å². The van der Waals surface area contributed by atoms with Crippen molar-refractivity contribution in [1.82, 2.24) is 4.90 Å². The second-order valence-corrected chi connectivity index (χ2v) is 6.59. The van der Waals surface area contributed by atoms with E-state index in [2.05, 4.69) is 5.32 Å². The van der Waals surface area contributed by atoms with E-state index in [9.17, 15) is 9.59 Å². The topological polar surface area (TPSA) is 67.9 Å². The molecule has 1 aliphatic heterocycles. The van der Waals surface area contributed by atoms with Crippen LogP contribution in [0.3, 0.4) is 0 Å². The lowest BCUT2D eigenvalue weighted by atomic mass is 10.2. The molecule has 7 heteroatoms. The normalized spacial score (nSPS) is 17.0. The van der Waals surface area contributed by atoms with Crippen molar-refractivity contribution in [3.8, 4) is 5.75 Å². The minimum Gasteiger partial charge on any atom is -0.495 e. The van der Waals surface area contributed by atoms with Gasteiger partial charge >= 0.3 is 6.09 Å². The maximum atomic E-state index is 12.6. The van der Waals surface area contributed by atoms with Crippen LogP contribution < -0.4 is 10.1 Å². The second-order valence-electron chi connectivity index (χ2n) is 6.16. The number of nitrogens with zero attached hydrogens (tertiary/aromatic N) is 1. The molecule has 0 radical (unpaired) electrons. The Morgan fingerprint density at radius 1 is 1.42 bits per heavy atom. The highest BCUT2D eigenvalue weighted by atomic mass is 35.5. The van der Waals surface area contributed by atoms with Crippen LogP contribution in [0.4, 0.5) is 10.5 Å². The zero-order valence-corrected chi connectivity index (χ0v) is 14.9. The van der Waals surface area contributed by atoms with E-state index in [0.717, 1.165) is 6.42 Å². The van der Waals surface area contributed by atoms with Gasteiger partial charge in [0.2, 0.25) is 5.91 Å². The molecule has 0 aliphatic carbocycles. The predicted molar refractivity (Wildman–Crippen MR) is 92.5 cm³/mol. The highest BCUT2D eigenvalue weighted by Crippen LogP contribution is 2.29. The van der Waals surface area contributed by atoms with Gasteiger partial charge in [-0.25, -0.2) is 4.79 Å². The van der Waals surface area contributed by atoms with E-state index in [1.807, 2.05) is 13.8 Å². The van der Waals surface area contributed by atoms with E-state index < -0.39 is 12.1 Å². The van der Waals surface area contributed by atoms with Crippen LogP contribution >= 0.6 is 11.6 Å². The van der Waals surface area contributed by atoms with Gasteiger partial charge in [0.05, 0.1) is 19.4 Å². The van der Waals surface area contributed by atoms with Crippen LogP contribution in [0.15, 0.2) is 18.2 Å². The summed E-state index contributed by atoms with van der Waals surface area (Å²) in [7, 11) is 1.52. The number of ether oxygens (including phenoxy) is 2. The fourth-order valence-corrected chi connectivity index (χ4v) is 2.74. The molecule has 132 valence electrons. The molecule has 1 N–H and O–H groups in total. The third-order valence-electron chi connectivity index (χ3n) is 3.75. The molecule has 2 rings (SSSR count). The molecule has 0 bridgehead atoms. The molecule has 24 heavy (non-hydrogen) atoms. The Bertz CT molecular complexity index is 606. The Morgan fingerprint density at radius 2 is 2.17 bits per heavy atom. The average Bonchev–Trinajstić information content (AvgIpc) is 3.02. The molecule has 1 aromatic rings. The van der Waals surface area contributed by atoms with Crippen molar-refractivity contribution in [1.29, 1.82) is 0 Å². The van der Waals surface area contributed by atoms with Crippen LogP contribution in [0.25, 0.3) is 0 Å². The Hall–Kier alpha value is -1.95. The zero-order valence-electron chi connectivity index (χ0n) is 14.2. The molecule has 0 aromatic heterocycles. The summed E-state index contributed by atoms with van der Waals surface area (Å²) in [6.45, 7) is 4.78. The number of anilines is 1. The number of benzene rings is 1. The van der Waals surface area contributed by atoms with Gasteiger partial charge in [0.15, 0.2) is 0 Å². The van der Waals surface area contributed by atoms with E-state index in [-0.39, 0.29) is 11.8 Å². The van der Waals surface area contributed by atoms with Crippen LogP contribution in [-0.2, 0) is 9.53 Å². The molecular formula is C17H23ClN2O4. The summed E-state index contributed by atoms with van der Waals surface area (Å²) in [6, 6.07) is 4.44. The van der Waals surface area contributed by atoms with Gasteiger partial charge in [-0.15, -0.1) is 0 Å². The van der Waals surface area contributed by atoms with Gasteiger partial charge in [0.1, 0.15) is 11.8 Å². The molecule has 1 saturated heterocycles. The number of carbonyl (C=O) groups is 2. The minimum absolute atomic E-state index is 0.250. The molecule has 0 saturated carbocycles. The zero-order chi connectivity index (χ0) is 17.7. The maximum absolute atomic E-state index is 12.6. The van der Waals surface area contributed by atoms with Crippen molar-refractivity contribution < 1.29 is 19.1 Å². The van der Waals surface area contributed by atoms with E-state index in [4.69, 9.17) is 21.1 Å². The van der Waals surface area contributed by atoms with E-state index in [1.165, 1.54) is 12.0 Å².